The summed E-state index contributed by atoms with van der Waals surface area (Å²) in [5.74, 6) is 0.251. The lowest BCUT2D eigenvalue weighted by Crippen LogP contribution is -2.48. The number of carbonyl (C=O) groups excluding carboxylic acids is 1. The summed E-state index contributed by atoms with van der Waals surface area (Å²) in [6.07, 6.45) is 0.196. The SMILES string of the molecule is Cc1cccc(C(C)C)c1NC(=O)[C@H]1CN(S(C)(=O)=O)c2cc(C(C)(C)C)ccc2O1. The lowest BCUT2D eigenvalue weighted by molar-refractivity contribution is -0.122. The minimum atomic E-state index is -3.60. The number of rotatable bonds is 4. The first kappa shape index (κ1) is 23.1. The van der Waals surface area contributed by atoms with E-state index < -0.39 is 16.1 Å². The van der Waals surface area contributed by atoms with Gasteiger partial charge in [0, 0.05) is 5.69 Å². The second kappa shape index (κ2) is 8.19. The predicted octanol–water partition coefficient (Wildman–Crippen LogP) is 4.58. The van der Waals surface area contributed by atoms with Gasteiger partial charge in [0.2, 0.25) is 10.0 Å². The molecule has 0 aromatic heterocycles. The Hall–Kier alpha value is -2.54. The molecule has 1 heterocycles. The van der Waals surface area contributed by atoms with Gasteiger partial charge in [-0.3, -0.25) is 9.10 Å². The lowest BCUT2D eigenvalue weighted by Gasteiger charge is -2.35. The molecule has 0 aliphatic carbocycles. The predicted molar refractivity (Wildman–Crippen MR) is 126 cm³/mol. The van der Waals surface area contributed by atoms with Crippen LogP contribution in [0, 0.1) is 6.92 Å². The number of nitrogens with one attached hydrogen (secondary N) is 1. The fourth-order valence-electron chi connectivity index (χ4n) is 3.71. The van der Waals surface area contributed by atoms with Crippen LogP contribution in [0.3, 0.4) is 0 Å². The van der Waals surface area contributed by atoms with Crippen LogP contribution in [0.25, 0.3) is 0 Å². The van der Waals surface area contributed by atoms with Crippen molar-refractivity contribution >= 4 is 27.3 Å². The Balaban J connectivity index is 1.96. The zero-order chi connectivity index (χ0) is 23.1. The Morgan fingerprint density at radius 2 is 1.87 bits per heavy atom. The number of hydrogen-bond acceptors (Lipinski definition) is 4. The summed E-state index contributed by atoms with van der Waals surface area (Å²) in [7, 11) is -3.60. The molecule has 1 atom stereocenters. The second-order valence-corrected chi connectivity index (χ2v) is 11.4. The van der Waals surface area contributed by atoms with Gasteiger partial charge in [-0.05, 0) is 47.1 Å². The molecule has 7 heteroatoms. The van der Waals surface area contributed by atoms with Crippen LogP contribution in [-0.2, 0) is 20.2 Å². The summed E-state index contributed by atoms with van der Waals surface area (Å²) in [4.78, 5) is 13.1. The van der Waals surface area contributed by atoms with Gasteiger partial charge in [0.25, 0.3) is 5.91 Å². The molecule has 0 saturated carbocycles. The highest BCUT2D eigenvalue weighted by molar-refractivity contribution is 7.92. The molecule has 0 spiro atoms. The number of sulfonamides is 1. The third-order valence-electron chi connectivity index (χ3n) is 5.56. The molecule has 1 aliphatic heterocycles. The zero-order valence-corrected chi connectivity index (χ0v) is 20.1. The van der Waals surface area contributed by atoms with E-state index in [9.17, 15) is 13.2 Å². The van der Waals surface area contributed by atoms with Crippen LogP contribution in [0.5, 0.6) is 5.75 Å². The van der Waals surface area contributed by atoms with Gasteiger partial charge in [0.1, 0.15) is 5.75 Å². The molecule has 1 aliphatic rings. The van der Waals surface area contributed by atoms with Gasteiger partial charge in [-0.15, -0.1) is 0 Å². The quantitative estimate of drug-likeness (QED) is 0.749. The molecule has 31 heavy (non-hydrogen) atoms. The molecule has 2 aromatic rings. The third-order valence-corrected chi connectivity index (χ3v) is 6.71. The van der Waals surface area contributed by atoms with Crippen molar-refractivity contribution in [2.24, 2.45) is 0 Å². The van der Waals surface area contributed by atoms with Crippen molar-refractivity contribution in [3.05, 3.63) is 53.1 Å². The summed E-state index contributed by atoms with van der Waals surface area (Å²) in [6, 6.07) is 11.4. The molecule has 3 rings (SSSR count). The van der Waals surface area contributed by atoms with E-state index in [1.165, 1.54) is 4.31 Å². The maximum Gasteiger partial charge on any atom is 0.267 e. The number of amides is 1. The maximum atomic E-state index is 13.1. The van der Waals surface area contributed by atoms with Crippen molar-refractivity contribution in [2.75, 3.05) is 22.4 Å². The van der Waals surface area contributed by atoms with Crippen LogP contribution in [0.4, 0.5) is 11.4 Å². The minimum absolute atomic E-state index is 0.0752. The standard InChI is InChI=1S/C24H32N2O4S/c1-15(2)18-10-8-9-16(3)22(18)25-23(27)21-14-26(31(7,28)29)19-13-17(24(4,5)6)11-12-20(19)30-21/h8-13,15,21H,14H2,1-7H3,(H,25,27)/t21-/m1/s1. The van der Waals surface area contributed by atoms with E-state index in [0.29, 0.717) is 11.4 Å². The molecule has 0 saturated heterocycles. The van der Waals surface area contributed by atoms with Crippen LogP contribution < -0.4 is 14.4 Å². The molecule has 168 valence electrons. The Labute approximate surface area is 185 Å². The van der Waals surface area contributed by atoms with E-state index in [1.54, 1.807) is 6.07 Å². The van der Waals surface area contributed by atoms with Crippen molar-refractivity contribution in [1.82, 2.24) is 0 Å². The summed E-state index contributed by atoms with van der Waals surface area (Å²) in [5.41, 5.74) is 4.05. The van der Waals surface area contributed by atoms with Crippen LogP contribution >= 0.6 is 0 Å². The molecular formula is C24H32N2O4S. The topological polar surface area (TPSA) is 75.7 Å². The van der Waals surface area contributed by atoms with Gasteiger partial charge in [0.15, 0.2) is 6.10 Å². The van der Waals surface area contributed by atoms with Gasteiger partial charge in [-0.2, -0.15) is 0 Å². The molecule has 0 bridgehead atoms. The highest BCUT2D eigenvalue weighted by Crippen LogP contribution is 2.39. The molecule has 2 aromatic carbocycles. The maximum absolute atomic E-state index is 13.1. The molecule has 6 nitrogen and oxygen atoms in total. The van der Waals surface area contributed by atoms with E-state index in [0.717, 1.165) is 28.6 Å². The zero-order valence-electron chi connectivity index (χ0n) is 19.3. The molecule has 0 radical (unpaired) electrons. The second-order valence-electron chi connectivity index (χ2n) is 9.52. The molecule has 0 fully saturated rings. The normalized spacial score (nSPS) is 16.6. The first-order valence-electron chi connectivity index (χ1n) is 10.5. The summed E-state index contributed by atoms with van der Waals surface area (Å²) < 4.78 is 32.4. The summed E-state index contributed by atoms with van der Waals surface area (Å²) in [5, 5.41) is 2.98. The number of fused-ring (bicyclic) bond motifs is 1. The van der Waals surface area contributed by atoms with Crippen molar-refractivity contribution < 1.29 is 17.9 Å². The number of ether oxygens (including phenoxy) is 1. The van der Waals surface area contributed by atoms with Crippen LogP contribution in [0.15, 0.2) is 36.4 Å². The number of benzene rings is 2. The van der Waals surface area contributed by atoms with E-state index >= 15 is 0 Å². The van der Waals surface area contributed by atoms with Gasteiger partial charge in [-0.1, -0.05) is 58.9 Å². The van der Waals surface area contributed by atoms with Gasteiger partial charge in [0.05, 0.1) is 18.5 Å². The largest absolute Gasteiger partial charge is 0.476 e. The summed E-state index contributed by atoms with van der Waals surface area (Å²) >= 11 is 0. The Morgan fingerprint density at radius 1 is 1.19 bits per heavy atom. The van der Waals surface area contributed by atoms with E-state index in [1.807, 2.05) is 37.3 Å². The average molecular weight is 445 g/mol. The fraction of sp³-hybridized carbons (Fsp3) is 0.458. The van der Waals surface area contributed by atoms with Crippen molar-refractivity contribution in [2.45, 2.75) is 59.0 Å². The first-order chi connectivity index (χ1) is 14.3. The molecule has 1 N–H and O–H groups in total. The van der Waals surface area contributed by atoms with Crippen molar-refractivity contribution in [3.63, 3.8) is 0 Å². The number of hydrogen-bond donors (Lipinski definition) is 1. The van der Waals surface area contributed by atoms with E-state index in [2.05, 4.69) is 39.9 Å². The van der Waals surface area contributed by atoms with Crippen LogP contribution in [-0.4, -0.2) is 33.2 Å². The highest BCUT2D eigenvalue weighted by atomic mass is 32.2. The Kier molecular flexibility index (Phi) is 6.11. The molecule has 1 amide bonds. The minimum Gasteiger partial charge on any atom is -0.476 e. The monoisotopic (exact) mass is 444 g/mol. The van der Waals surface area contributed by atoms with Crippen LogP contribution in [0.1, 0.15) is 57.2 Å². The van der Waals surface area contributed by atoms with Crippen LogP contribution in [0.2, 0.25) is 0 Å². The van der Waals surface area contributed by atoms with Gasteiger partial charge in [-0.25, -0.2) is 8.42 Å². The van der Waals surface area contributed by atoms with Gasteiger partial charge < -0.3 is 10.1 Å². The molecule has 0 unspecified atom stereocenters. The van der Waals surface area contributed by atoms with E-state index in [4.69, 9.17) is 4.74 Å². The van der Waals surface area contributed by atoms with Gasteiger partial charge >= 0.3 is 0 Å². The number of aryl methyl sites for hydroxylation is 1. The number of nitrogens with zero attached hydrogens (tertiary/aromatic N) is 1. The molecular weight excluding hydrogens is 412 g/mol. The Morgan fingerprint density at radius 3 is 2.45 bits per heavy atom. The first-order valence-corrected chi connectivity index (χ1v) is 12.3. The average Bonchev–Trinajstić information content (AvgIpc) is 2.66. The van der Waals surface area contributed by atoms with Crippen molar-refractivity contribution in [3.8, 4) is 5.75 Å². The lowest BCUT2D eigenvalue weighted by atomic mass is 9.86. The number of carbonyl (C=O) groups is 1. The summed E-state index contributed by atoms with van der Waals surface area (Å²) in [6.45, 7) is 12.2. The Bertz CT molecular complexity index is 1100. The fourth-order valence-corrected chi connectivity index (χ4v) is 4.62. The smallest absolute Gasteiger partial charge is 0.267 e. The highest BCUT2D eigenvalue weighted by Gasteiger charge is 2.36. The number of anilines is 2. The van der Waals surface area contributed by atoms with E-state index in [-0.39, 0.29) is 23.8 Å². The third kappa shape index (κ3) is 4.87. The number of para-hydroxylation sites is 1. The van der Waals surface area contributed by atoms with Crippen molar-refractivity contribution in [1.29, 1.82) is 0 Å².